The van der Waals surface area contributed by atoms with Crippen LogP contribution in [0.5, 0.6) is 0 Å². The van der Waals surface area contributed by atoms with Crippen LogP contribution in [-0.2, 0) is 12.8 Å². The molecule has 1 N–H and O–H groups in total. The Hall–Kier alpha value is -2.82. The number of aromatic nitrogens is 3. The Morgan fingerprint density at radius 2 is 1.71 bits per heavy atom. The molecule has 1 aromatic carbocycles. The van der Waals surface area contributed by atoms with Gasteiger partial charge in [0.2, 0.25) is 0 Å². The van der Waals surface area contributed by atoms with Crippen molar-refractivity contribution >= 4 is 11.5 Å². The molecule has 5 heteroatoms. The Morgan fingerprint density at radius 1 is 1.00 bits per heavy atom. The lowest BCUT2D eigenvalue weighted by atomic mass is 9.71. The van der Waals surface area contributed by atoms with Crippen LogP contribution in [0.2, 0.25) is 0 Å². The molecule has 0 saturated heterocycles. The van der Waals surface area contributed by atoms with Crippen molar-refractivity contribution in [1.82, 2.24) is 15.0 Å². The minimum atomic E-state index is -0.250. The van der Waals surface area contributed by atoms with Crippen LogP contribution in [0.4, 0.5) is 15.9 Å². The molecule has 1 atom stereocenters. The highest BCUT2D eigenvalue weighted by molar-refractivity contribution is 5.65. The normalized spacial score (nSPS) is 16.5. The molecule has 0 spiro atoms. The Bertz CT molecular complexity index is 962. The van der Waals surface area contributed by atoms with Gasteiger partial charge in [-0.15, -0.1) is 0 Å². The first-order valence-corrected chi connectivity index (χ1v) is 9.73. The molecule has 1 aliphatic rings. The zero-order chi connectivity index (χ0) is 19.7. The molecule has 0 aliphatic heterocycles. The zero-order valence-electron chi connectivity index (χ0n) is 16.5. The number of nitrogens with one attached hydrogen (secondary N) is 1. The number of pyridine rings is 1. The van der Waals surface area contributed by atoms with E-state index in [9.17, 15) is 4.39 Å². The molecule has 2 aromatic heterocycles. The Morgan fingerprint density at radius 3 is 2.39 bits per heavy atom. The minimum absolute atomic E-state index is 0.231. The molecule has 4 rings (SSSR count). The van der Waals surface area contributed by atoms with E-state index in [0.717, 1.165) is 42.0 Å². The van der Waals surface area contributed by atoms with E-state index < -0.39 is 0 Å². The Balaban J connectivity index is 1.77. The smallest absolute Gasteiger partial charge is 0.161 e. The van der Waals surface area contributed by atoms with Crippen molar-refractivity contribution < 1.29 is 4.39 Å². The van der Waals surface area contributed by atoms with E-state index in [1.165, 1.54) is 17.7 Å². The third-order valence-electron chi connectivity index (χ3n) is 5.54. The predicted molar refractivity (Wildman–Crippen MR) is 110 cm³/mol. The van der Waals surface area contributed by atoms with E-state index in [1.807, 2.05) is 12.1 Å². The van der Waals surface area contributed by atoms with Crippen LogP contribution in [0, 0.1) is 17.2 Å². The highest BCUT2D eigenvalue weighted by Crippen LogP contribution is 2.39. The molecule has 4 nitrogen and oxygen atoms in total. The van der Waals surface area contributed by atoms with Crippen LogP contribution in [0.3, 0.4) is 0 Å². The summed E-state index contributed by atoms with van der Waals surface area (Å²) >= 11 is 0. The lowest BCUT2D eigenvalue weighted by Crippen LogP contribution is -2.28. The van der Waals surface area contributed by atoms with Crippen molar-refractivity contribution in [2.24, 2.45) is 11.3 Å². The van der Waals surface area contributed by atoms with Crippen molar-refractivity contribution in [3.05, 3.63) is 65.9 Å². The van der Waals surface area contributed by atoms with Gasteiger partial charge in [-0.25, -0.2) is 14.4 Å². The topological polar surface area (TPSA) is 50.7 Å². The number of nitrogens with zero attached hydrogens (tertiary/aromatic N) is 3. The lowest BCUT2D eigenvalue weighted by Gasteiger charge is -2.35. The van der Waals surface area contributed by atoms with Crippen molar-refractivity contribution in [3.8, 4) is 11.4 Å². The van der Waals surface area contributed by atoms with E-state index in [2.05, 4.69) is 31.1 Å². The maximum Gasteiger partial charge on any atom is 0.161 e. The van der Waals surface area contributed by atoms with E-state index in [1.54, 1.807) is 24.5 Å². The van der Waals surface area contributed by atoms with Crippen molar-refractivity contribution in [3.63, 3.8) is 0 Å². The van der Waals surface area contributed by atoms with Crippen LogP contribution in [0.1, 0.15) is 38.4 Å². The number of rotatable bonds is 3. The first-order chi connectivity index (χ1) is 13.4. The summed E-state index contributed by atoms with van der Waals surface area (Å²) in [6.07, 6.45) is 6.51. The van der Waals surface area contributed by atoms with Gasteiger partial charge in [-0.2, -0.15) is 0 Å². The molecular weight excluding hydrogens is 351 g/mol. The third-order valence-corrected chi connectivity index (χ3v) is 5.54. The van der Waals surface area contributed by atoms with Crippen LogP contribution in [0.15, 0.2) is 48.8 Å². The Kier molecular flexibility index (Phi) is 4.84. The molecule has 0 radical (unpaired) electrons. The summed E-state index contributed by atoms with van der Waals surface area (Å²) in [7, 11) is 0. The summed E-state index contributed by atoms with van der Waals surface area (Å²) in [4.78, 5) is 13.8. The molecule has 0 fully saturated rings. The number of anilines is 2. The molecule has 0 amide bonds. The molecular formula is C23H25FN4. The summed E-state index contributed by atoms with van der Waals surface area (Å²) in [5.74, 6) is 1.84. The van der Waals surface area contributed by atoms with Gasteiger partial charge in [-0.1, -0.05) is 20.8 Å². The van der Waals surface area contributed by atoms with Crippen molar-refractivity contribution in [2.75, 3.05) is 5.32 Å². The standard InChI is InChI=1S/C23H25FN4/c1-23(2,3)16-4-9-20-19(14-16)22(26-18-7-5-17(24)6-8-18)28-21(27-20)15-10-12-25-13-11-15/h5-8,10-13,16H,4,9,14H2,1-3H3,(H,26,27,28)/t16-/m0/s1. The first kappa shape index (κ1) is 18.5. The first-order valence-electron chi connectivity index (χ1n) is 9.73. The summed E-state index contributed by atoms with van der Waals surface area (Å²) < 4.78 is 13.3. The molecule has 3 aromatic rings. The number of hydrogen-bond donors (Lipinski definition) is 1. The summed E-state index contributed by atoms with van der Waals surface area (Å²) in [6.45, 7) is 6.88. The van der Waals surface area contributed by atoms with Crippen molar-refractivity contribution in [2.45, 2.75) is 40.0 Å². The molecule has 28 heavy (non-hydrogen) atoms. The van der Waals surface area contributed by atoms with E-state index in [0.29, 0.717) is 11.7 Å². The fraction of sp³-hybridized carbons (Fsp3) is 0.348. The minimum Gasteiger partial charge on any atom is -0.340 e. The largest absolute Gasteiger partial charge is 0.340 e. The lowest BCUT2D eigenvalue weighted by molar-refractivity contribution is 0.215. The van der Waals surface area contributed by atoms with Crippen LogP contribution < -0.4 is 5.32 Å². The fourth-order valence-corrected chi connectivity index (χ4v) is 3.75. The van der Waals surface area contributed by atoms with Gasteiger partial charge < -0.3 is 5.32 Å². The average Bonchev–Trinajstić information content (AvgIpc) is 2.69. The van der Waals surface area contributed by atoms with Gasteiger partial charge in [0, 0.05) is 34.9 Å². The summed E-state index contributed by atoms with van der Waals surface area (Å²) in [5, 5.41) is 3.41. The van der Waals surface area contributed by atoms with Gasteiger partial charge in [0.1, 0.15) is 11.6 Å². The SMILES string of the molecule is CC(C)(C)[C@H]1CCc2nc(-c3ccncc3)nc(Nc3ccc(F)cc3)c2C1. The molecule has 144 valence electrons. The van der Waals surface area contributed by atoms with Gasteiger partial charge in [0.15, 0.2) is 5.82 Å². The monoisotopic (exact) mass is 376 g/mol. The molecule has 0 saturated carbocycles. The average molecular weight is 376 g/mol. The van der Waals surface area contributed by atoms with E-state index in [4.69, 9.17) is 9.97 Å². The predicted octanol–water partition coefficient (Wildman–Crippen LogP) is 5.57. The van der Waals surface area contributed by atoms with Crippen LogP contribution in [-0.4, -0.2) is 15.0 Å². The number of benzene rings is 1. The molecule has 0 bridgehead atoms. The number of halogens is 1. The van der Waals surface area contributed by atoms with Gasteiger partial charge >= 0.3 is 0 Å². The highest BCUT2D eigenvalue weighted by Gasteiger charge is 2.31. The Labute approximate surface area is 165 Å². The van der Waals surface area contributed by atoms with Crippen LogP contribution in [0.25, 0.3) is 11.4 Å². The second-order valence-electron chi connectivity index (χ2n) is 8.49. The summed E-state index contributed by atoms with van der Waals surface area (Å²) in [6, 6.07) is 10.2. The number of aryl methyl sites for hydroxylation is 1. The summed E-state index contributed by atoms with van der Waals surface area (Å²) in [5.41, 5.74) is 4.27. The maximum atomic E-state index is 13.3. The maximum absolute atomic E-state index is 13.3. The zero-order valence-corrected chi connectivity index (χ0v) is 16.5. The second kappa shape index (κ2) is 7.30. The van der Waals surface area contributed by atoms with Crippen molar-refractivity contribution in [1.29, 1.82) is 0 Å². The molecule has 0 unspecified atom stereocenters. The fourth-order valence-electron chi connectivity index (χ4n) is 3.75. The molecule has 1 aliphatic carbocycles. The third kappa shape index (κ3) is 3.88. The van der Waals surface area contributed by atoms with Gasteiger partial charge in [0.25, 0.3) is 0 Å². The van der Waals surface area contributed by atoms with Gasteiger partial charge in [0.05, 0.1) is 0 Å². The van der Waals surface area contributed by atoms with E-state index in [-0.39, 0.29) is 11.2 Å². The quantitative estimate of drug-likeness (QED) is 0.649. The van der Waals surface area contributed by atoms with E-state index >= 15 is 0 Å². The van der Waals surface area contributed by atoms with Crippen LogP contribution >= 0.6 is 0 Å². The second-order valence-corrected chi connectivity index (χ2v) is 8.49. The number of hydrogen-bond acceptors (Lipinski definition) is 4. The van der Waals surface area contributed by atoms with Gasteiger partial charge in [-0.05, 0) is 67.0 Å². The van der Waals surface area contributed by atoms with Gasteiger partial charge in [-0.3, -0.25) is 4.98 Å². The molecule has 2 heterocycles. The number of fused-ring (bicyclic) bond motifs is 1. The highest BCUT2D eigenvalue weighted by atomic mass is 19.1.